The van der Waals surface area contributed by atoms with Crippen LogP contribution in [0.3, 0.4) is 0 Å². The summed E-state index contributed by atoms with van der Waals surface area (Å²) < 4.78 is 38.5. The number of hydrogen-bond acceptors (Lipinski definition) is 5. The number of anilines is 1. The van der Waals surface area contributed by atoms with Gasteiger partial charge in [0.1, 0.15) is 11.5 Å². The molecule has 0 bridgehead atoms. The van der Waals surface area contributed by atoms with Gasteiger partial charge in [-0.3, -0.25) is 4.79 Å². The van der Waals surface area contributed by atoms with Crippen molar-refractivity contribution in [1.82, 2.24) is 4.31 Å². The largest absolute Gasteiger partial charge is 0.497 e. The van der Waals surface area contributed by atoms with Gasteiger partial charge < -0.3 is 14.8 Å². The van der Waals surface area contributed by atoms with E-state index in [1.165, 1.54) is 36.5 Å². The van der Waals surface area contributed by atoms with E-state index in [2.05, 4.69) is 5.32 Å². The van der Waals surface area contributed by atoms with Gasteiger partial charge in [0.05, 0.1) is 24.8 Å². The first kappa shape index (κ1) is 21.7. The Labute approximate surface area is 166 Å². The Hall–Kier alpha value is -2.58. The minimum Gasteiger partial charge on any atom is -0.497 e. The number of benzene rings is 2. The van der Waals surface area contributed by atoms with E-state index in [1.807, 2.05) is 31.2 Å². The zero-order chi connectivity index (χ0) is 20.9. The van der Waals surface area contributed by atoms with Crippen molar-refractivity contribution in [2.75, 3.05) is 26.1 Å². The van der Waals surface area contributed by atoms with Gasteiger partial charge in [-0.2, -0.15) is 4.31 Å². The first-order valence-electron chi connectivity index (χ1n) is 8.86. The highest BCUT2D eigenvalue weighted by atomic mass is 32.2. The van der Waals surface area contributed by atoms with Crippen molar-refractivity contribution >= 4 is 21.6 Å². The molecule has 7 nitrogen and oxygen atoms in total. The van der Waals surface area contributed by atoms with Gasteiger partial charge in [0, 0.05) is 19.5 Å². The lowest BCUT2D eigenvalue weighted by Gasteiger charge is -2.28. The Morgan fingerprint density at radius 1 is 1.14 bits per heavy atom. The quantitative estimate of drug-likeness (QED) is 0.726. The van der Waals surface area contributed by atoms with Crippen LogP contribution in [0, 0.1) is 0 Å². The van der Waals surface area contributed by atoms with E-state index in [1.54, 1.807) is 14.0 Å². The molecule has 0 radical (unpaired) electrons. The van der Waals surface area contributed by atoms with Crippen molar-refractivity contribution in [3.8, 4) is 11.5 Å². The summed E-state index contributed by atoms with van der Waals surface area (Å²) in [6.45, 7) is 5.24. The molecular formula is C20H26N2O5S. The lowest BCUT2D eigenvalue weighted by atomic mass is 10.1. The van der Waals surface area contributed by atoms with Gasteiger partial charge in [-0.15, -0.1) is 0 Å². The van der Waals surface area contributed by atoms with Crippen LogP contribution in [-0.4, -0.2) is 39.4 Å². The summed E-state index contributed by atoms with van der Waals surface area (Å²) >= 11 is 0. The smallest absolute Gasteiger partial charge is 0.243 e. The third-order valence-corrected chi connectivity index (χ3v) is 6.45. The standard InChI is InChI=1S/C20H26N2O5S/c1-6-22(14(2)16-8-7-9-17(12-16)26-4)28(24,25)18-10-11-20(27-5)19(13-18)21-15(3)23/h7-14H,6H2,1-5H3,(H,21,23)/t14-/m0/s1. The Bertz CT molecular complexity index is 943. The second kappa shape index (κ2) is 9.07. The van der Waals surface area contributed by atoms with E-state index in [0.29, 0.717) is 17.2 Å². The zero-order valence-electron chi connectivity index (χ0n) is 16.7. The third kappa shape index (κ3) is 4.63. The second-order valence-corrected chi connectivity index (χ2v) is 8.09. The minimum atomic E-state index is -3.82. The monoisotopic (exact) mass is 406 g/mol. The highest BCUT2D eigenvalue weighted by Gasteiger charge is 2.29. The number of amides is 1. The number of nitrogens with one attached hydrogen (secondary N) is 1. The van der Waals surface area contributed by atoms with E-state index >= 15 is 0 Å². The predicted octanol–water partition coefficient (Wildman–Crippen LogP) is 3.43. The lowest BCUT2D eigenvalue weighted by molar-refractivity contribution is -0.114. The molecule has 0 unspecified atom stereocenters. The first-order chi connectivity index (χ1) is 13.2. The van der Waals surface area contributed by atoms with E-state index < -0.39 is 16.1 Å². The van der Waals surface area contributed by atoms with Crippen molar-refractivity contribution < 1.29 is 22.7 Å². The maximum absolute atomic E-state index is 13.3. The van der Waals surface area contributed by atoms with E-state index in [9.17, 15) is 13.2 Å². The fourth-order valence-corrected chi connectivity index (χ4v) is 4.65. The maximum atomic E-state index is 13.3. The zero-order valence-corrected chi connectivity index (χ0v) is 17.5. The summed E-state index contributed by atoms with van der Waals surface area (Å²) in [6, 6.07) is 11.3. The molecule has 152 valence electrons. The van der Waals surface area contributed by atoms with E-state index in [0.717, 1.165) is 5.56 Å². The van der Waals surface area contributed by atoms with Gasteiger partial charge >= 0.3 is 0 Å². The van der Waals surface area contributed by atoms with Crippen LogP contribution < -0.4 is 14.8 Å². The molecule has 1 amide bonds. The average Bonchev–Trinajstić information content (AvgIpc) is 2.67. The van der Waals surface area contributed by atoms with Crippen LogP contribution in [0.4, 0.5) is 5.69 Å². The number of ether oxygens (including phenoxy) is 2. The number of rotatable bonds is 8. The summed E-state index contributed by atoms with van der Waals surface area (Å²) in [7, 11) is -0.791. The molecule has 0 saturated heterocycles. The summed E-state index contributed by atoms with van der Waals surface area (Å²) in [5.41, 5.74) is 1.13. The van der Waals surface area contributed by atoms with Gasteiger partial charge in [0.2, 0.25) is 15.9 Å². The molecular weight excluding hydrogens is 380 g/mol. The van der Waals surface area contributed by atoms with Crippen molar-refractivity contribution in [3.63, 3.8) is 0 Å². The van der Waals surface area contributed by atoms with Gasteiger partial charge in [0.25, 0.3) is 0 Å². The molecule has 0 fully saturated rings. The van der Waals surface area contributed by atoms with Gasteiger partial charge in [-0.1, -0.05) is 19.1 Å². The molecule has 2 aromatic carbocycles. The Balaban J connectivity index is 2.46. The molecule has 0 aliphatic rings. The number of carbonyl (C=O) groups is 1. The van der Waals surface area contributed by atoms with Crippen LogP contribution in [-0.2, 0) is 14.8 Å². The summed E-state index contributed by atoms with van der Waals surface area (Å²) in [6.07, 6.45) is 0. The molecule has 1 atom stereocenters. The molecule has 28 heavy (non-hydrogen) atoms. The maximum Gasteiger partial charge on any atom is 0.243 e. The van der Waals surface area contributed by atoms with Crippen LogP contribution in [0.25, 0.3) is 0 Å². The van der Waals surface area contributed by atoms with Crippen LogP contribution in [0.15, 0.2) is 47.4 Å². The number of carbonyl (C=O) groups excluding carboxylic acids is 1. The van der Waals surface area contributed by atoms with E-state index in [4.69, 9.17) is 9.47 Å². The average molecular weight is 407 g/mol. The molecule has 1 N–H and O–H groups in total. The fraction of sp³-hybridized carbons (Fsp3) is 0.350. The summed E-state index contributed by atoms with van der Waals surface area (Å²) in [4.78, 5) is 11.5. The number of hydrogen-bond donors (Lipinski definition) is 1. The van der Waals surface area contributed by atoms with Crippen molar-refractivity contribution in [2.45, 2.75) is 31.7 Å². The SMILES string of the molecule is CCN([C@@H](C)c1cccc(OC)c1)S(=O)(=O)c1ccc(OC)c(NC(C)=O)c1. The van der Waals surface area contributed by atoms with Crippen LogP contribution in [0.2, 0.25) is 0 Å². The molecule has 0 aliphatic heterocycles. The molecule has 0 heterocycles. The number of methoxy groups -OCH3 is 2. The van der Waals surface area contributed by atoms with Gasteiger partial charge in [-0.25, -0.2) is 8.42 Å². The Morgan fingerprint density at radius 3 is 2.43 bits per heavy atom. The normalized spacial score (nSPS) is 12.5. The lowest BCUT2D eigenvalue weighted by Crippen LogP contribution is -2.33. The van der Waals surface area contributed by atoms with Gasteiger partial charge in [-0.05, 0) is 42.8 Å². The van der Waals surface area contributed by atoms with Gasteiger partial charge in [0.15, 0.2) is 0 Å². The Kier molecular flexibility index (Phi) is 7.04. The molecule has 2 aromatic rings. The van der Waals surface area contributed by atoms with Crippen molar-refractivity contribution in [2.24, 2.45) is 0 Å². The van der Waals surface area contributed by atoms with Crippen LogP contribution >= 0.6 is 0 Å². The molecule has 0 saturated carbocycles. The molecule has 0 spiro atoms. The molecule has 8 heteroatoms. The summed E-state index contributed by atoms with van der Waals surface area (Å²) in [5.74, 6) is 0.734. The van der Waals surface area contributed by atoms with Crippen molar-refractivity contribution in [3.05, 3.63) is 48.0 Å². The van der Waals surface area contributed by atoms with Crippen molar-refractivity contribution in [1.29, 1.82) is 0 Å². The highest BCUT2D eigenvalue weighted by molar-refractivity contribution is 7.89. The third-order valence-electron chi connectivity index (χ3n) is 4.41. The van der Waals surface area contributed by atoms with E-state index in [-0.39, 0.29) is 17.3 Å². The fourth-order valence-electron chi connectivity index (χ4n) is 2.99. The molecule has 0 aromatic heterocycles. The topological polar surface area (TPSA) is 84.9 Å². The highest BCUT2D eigenvalue weighted by Crippen LogP contribution is 2.33. The number of nitrogens with zero attached hydrogens (tertiary/aromatic N) is 1. The minimum absolute atomic E-state index is 0.0775. The summed E-state index contributed by atoms with van der Waals surface area (Å²) in [5, 5.41) is 2.61. The molecule has 0 aliphatic carbocycles. The second-order valence-electron chi connectivity index (χ2n) is 6.20. The predicted molar refractivity (Wildman–Crippen MR) is 108 cm³/mol. The van der Waals surface area contributed by atoms with Crippen LogP contribution in [0.5, 0.6) is 11.5 Å². The first-order valence-corrected chi connectivity index (χ1v) is 10.3. The number of sulfonamides is 1. The van der Waals surface area contributed by atoms with Crippen LogP contribution in [0.1, 0.15) is 32.4 Å². The Morgan fingerprint density at radius 2 is 1.86 bits per heavy atom. The molecule has 2 rings (SSSR count).